The number of hydrogen-bond donors (Lipinski definition) is 2. The van der Waals surface area contributed by atoms with Crippen molar-refractivity contribution < 1.29 is 23.9 Å². The summed E-state index contributed by atoms with van der Waals surface area (Å²) in [7, 11) is 0. The van der Waals surface area contributed by atoms with Gasteiger partial charge >= 0.3 is 5.97 Å². The highest BCUT2D eigenvalue weighted by Crippen LogP contribution is 2.18. The highest BCUT2D eigenvalue weighted by Gasteiger charge is 2.27. The predicted molar refractivity (Wildman–Crippen MR) is 95.9 cm³/mol. The summed E-state index contributed by atoms with van der Waals surface area (Å²) in [5, 5.41) is 5.24. The third kappa shape index (κ3) is 6.74. The molecule has 7 nitrogen and oxygen atoms in total. The second kappa shape index (κ2) is 9.79. The molecule has 0 radical (unpaired) electrons. The maximum Gasteiger partial charge on any atom is 0.326 e. The van der Waals surface area contributed by atoms with Crippen LogP contribution < -0.4 is 15.4 Å². The second-order valence-corrected chi connectivity index (χ2v) is 6.32. The summed E-state index contributed by atoms with van der Waals surface area (Å²) in [6.07, 6.45) is 3.08. The molecule has 1 aliphatic rings. The first-order valence-corrected chi connectivity index (χ1v) is 9.00. The Hall–Kier alpha value is -2.57. The van der Waals surface area contributed by atoms with E-state index in [0.29, 0.717) is 17.9 Å². The molecule has 0 heterocycles. The van der Waals surface area contributed by atoms with Gasteiger partial charge in [0.15, 0.2) is 6.10 Å². The predicted octanol–water partition coefficient (Wildman–Crippen LogP) is 1.81. The minimum absolute atomic E-state index is 0.206. The van der Waals surface area contributed by atoms with Crippen LogP contribution in [0.5, 0.6) is 5.75 Å². The van der Waals surface area contributed by atoms with Crippen LogP contribution in [-0.4, -0.2) is 43.1 Å². The highest BCUT2D eigenvalue weighted by atomic mass is 16.5. The van der Waals surface area contributed by atoms with Crippen LogP contribution in [0, 0.1) is 0 Å². The minimum Gasteiger partial charge on any atom is -0.494 e. The molecule has 2 N–H and O–H groups in total. The standard InChI is InChI=1S/C19H26N2O5/c1-3-4-11-25-16-9-5-14(6-10-16)19(24)20-12-17(22)26-13(2)18(23)21-15-7-8-15/h5-6,9-10,13,15H,3-4,7-8,11-12H2,1-2H3,(H,20,24)(H,21,23)/t13-/m1/s1. The molecule has 2 rings (SSSR count). The van der Waals surface area contributed by atoms with Gasteiger partial charge in [-0.25, -0.2) is 0 Å². The summed E-state index contributed by atoms with van der Waals surface area (Å²) >= 11 is 0. The van der Waals surface area contributed by atoms with E-state index in [9.17, 15) is 14.4 Å². The zero-order valence-corrected chi connectivity index (χ0v) is 15.2. The molecule has 0 spiro atoms. The topological polar surface area (TPSA) is 93.7 Å². The number of esters is 1. The van der Waals surface area contributed by atoms with Crippen LogP contribution in [0.4, 0.5) is 0 Å². The Morgan fingerprint density at radius 1 is 1.19 bits per heavy atom. The van der Waals surface area contributed by atoms with E-state index in [0.717, 1.165) is 25.7 Å². The quantitative estimate of drug-likeness (QED) is 0.489. The summed E-state index contributed by atoms with van der Waals surface area (Å²) in [4.78, 5) is 35.5. The molecule has 2 amide bonds. The first-order valence-electron chi connectivity index (χ1n) is 9.00. The Kier molecular flexibility index (Phi) is 7.44. The lowest BCUT2D eigenvalue weighted by Gasteiger charge is -2.13. The second-order valence-electron chi connectivity index (χ2n) is 6.32. The van der Waals surface area contributed by atoms with E-state index in [-0.39, 0.29) is 18.5 Å². The molecule has 26 heavy (non-hydrogen) atoms. The summed E-state index contributed by atoms with van der Waals surface area (Å²) in [6.45, 7) is 3.94. The molecule has 7 heteroatoms. The fourth-order valence-corrected chi connectivity index (χ4v) is 2.13. The molecule has 1 aromatic carbocycles. The van der Waals surface area contributed by atoms with Crippen molar-refractivity contribution in [3.8, 4) is 5.75 Å². The van der Waals surface area contributed by atoms with Gasteiger partial charge < -0.3 is 20.1 Å². The van der Waals surface area contributed by atoms with Gasteiger partial charge in [-0.15, -0.1) is 0 Å². The normalized spacial score (nSPS) is 14.2. The number of carbonyl (C=O) groups excluding carboxylic acids is 3. The SMILES string of the molecule is CCCCOc1ccc(C(=O)NCC(=O)O[C@H](C)C(=O)NC2CC2)cc1. The van der Waals surface area contributed by atoms with E-state index < -0.39 is 18.0 Å². The molecule has 0 saturated heterocycles. The van der Waals surface area contributed by atoms with Crippen molar-refractivity contribution in [1.29, 1.82) is 0 Å². The Morgan fingerprint density at radius 2 is 1.88 bits per heavy atom. The summed E-state index contributed by atoms with van der Waals surface area (Å²) in [5.74, 6) is -0.663. The molecule has 0 aliphatic heterocycles. The third-order valence-corrected chi connectivity index (χ3v) is 3.88. The zero-order chi connectivity index (χ0) is 18.9. The molecule has 1 aromatic rings. The first kappa shape index (κ1) is 19.8. The molecule has 142 valence electrons. The van der Waals surface area contributed by atoms with Crippen molar-refractivity contribution in [3.63, 3.8) is 0 Å². The van der Waals surface area contributed by atoms with Crippen molar-refractivity contribution in [1.82, 2.24) is 10.6 Å². The monoisotopic (exact) mass is 362 g/mol. The van der Waals surface area contributed by atoms with Crippen LogP contribution in [0.3, 0.4) is 0 Å². The molecular weight excluding hydrogens is 336 g/mol. The van der Waals surface area contributed by atoms with E-state index in [1.165, 1.54) is 6.92 Å². The number of rotatable bonds is 10. The molecular formula is C19H26N2O5. The summed E-state index contributed by atoms with van der Waals surface area (Å²) in [5.41, 5.74) is 0.417. The van der Waals surface area contributed by atoms with Crippen LogP contribution in [0.15, 0.2) is 24.3 Å². The van der Waals surface area contributed by atoms with Gasteiger partial charge in [-0.1, -0.05) is 13.3 Å². The highest BCUT2D eigenvalue weighted by molar-refractivity contribution is 5.96. The van der Waals surface area contributed by atoms with Crippen molar-refractivity contribution in [2.75, 3.05) is 13.2 Å². The van der Waals surface area contributed by atoms with Crippen molar-refractivity contribution in [3.05, 3.63) is 29.8 Å². The van der Waals surface area contributed by atoms with E-state index >= 15 is 0 Å². The van der Waals surface area contributed by atoms with Gasteiger partial charge in [0.25, 0.3) is 11.8 Å². The van der Waals surface area contributed by atoms with Crippen LogP contribution in [0.25, 0.3) is 0 Å². The van der Waals surface area contributed by atoms with Crippen LogP contribution in [-0.2, 0) is 14.3 Å². The fourth-order valence-electron chi connectivity index (χ4n) is 2.13. The minimum atomic E-state index is -0.875. The van der Waals surface area contributed by atoms with E-state index in [4.69, 9.17) is 9.47 Å². The van der Waals surface area contributed by atoms with Crippen LogP contribution >= 0.6 is 0 Å². The average Bonchev–Trinajstić information content (AvgIpc) is 3.44. The lowest BCUT2D eigenvalue weighted by atomic mass is 10.2. The third-order valence-electron chi connectivity index (χ3n) is 3.88. The molecule has 0 bridgehead atoms. The Bertz CT molecular complexity index is 625. The molecule has 1 aliphatic carbocycles. The lowest BCUT2D eigenvalue weighted by molar-refractivity contribution is -0.153. The van der Waals surface area contributed by atoms with Gasteiger partial charge in [0.05, 0.1) is 6.61 Å². The number of benzene rings is 1. The molecule has 0 aromatic heterocycles. The van der Waals surface area contributed by atoms with Gasteiger partial charge in [-0.05, 0) is 50.5 Å². The summed E-state index contributed by atoms with van der Waals surface area (Å²) in [6, 6.07) is 6.90. The Morgan fingerprint density at radius 3 is 2.50 bits per heavy atom. The Balaban J connectivity index is 1.71. The first-order chi connectivity index (χ1) is 12.5. The van der Waals surface area contributed by atoms with Crippen LogP contribution in [0.1, 0.15) is 49.9 Å². The van der Waals surface area contributed by atoms with E-state index in [1.807, 2.05) is 0 Å². The molecule has 1 fully saturated rings. The molecule has 1 saturated carbocycles. The van der Waals surface area contributed by atoms with Gasteiger partial charge in [-0.2, -0.15) is 0 Å². The van der Waals surface area contributed by atoms with Gasteiger partial charge in [0, 0.05) is 11.6 Å². The van der Waals surface area contributed by atoms with Gasteiger partial charge in [0.2, 0.25) is 0 Å². The Labute approximate surface area is 153 Å². The van der Waals surface area contributed by atoms with E-state index in [1.54, 1.807) is 24.3 Å². The van der Waals surface area contributed by atoms with Crippen molar-refractivity contribution in [2.45, 2.75) is 51.7 Å². The fraction of sp³-hybridized carbons (Fsp3) is 0.526. The van der Waals surface area contributed by atoms with Gasteiger partial charge in [-0.3, -0.25) is 14.4 Å². The number of unbranched alkanes of at least 4 members (excludes halogenated alkanes) is 1. The maximum atomic E-state index is 12.1. The molecule has 0 unspecified atom stereocenters. The van der Waals surface area contributed by atoms with Crippen molar-refractivity contribution in [2.24, 2.45) is 0 Å². The largest absolute Gasteiger partial charge is 0.494 e. The summed E-state index contributed by atoms with van der Waals surface area (Å²) < 4.78 is 10.5. The maximum absolute atomic E-state index is 12.1. The smallest absolute Gasteiger partial charge is 0.326 e. The number of ether oxygens (including phenoxy) is 2. The number of carbonyl (C=O) groups is 3. The number of nitrogens with one attached hydrogen (secondary N) is 2. The van der Waals surface area contributed by atoms with Gasteiger partial charge in [0.1, 0.15) is 12.3 Å². The van der Waals surface area contributed by atoms with Crippen molar-refractivity contribution >= 4 is 17.8 Å². The lowest BCUT2D eigenvalue weighted by Crippen LogP contribution is -2.39. The van der Waals surface area contributed by atoms with Crippen LogP contribution in [0.2, 0.25) is 0 Å². The average molecular weight is 362 g/mol. The zero-order valence-electron chi connectivity index (χ0n) is 15.2. The number of amides is 2. The number of hydrogen-bond acceptors (Lipinski definition) is 5. The van der Waals surface area contributed by atoms with E-state index in [2.05, 4.69) is 17.6 Å². The molecule has 1 atom stereocenters.